The summed E-state index contributed by atoms with van der Waals surface area (Å²) in [7, 11) is 0. The lowest BCUT2D eigenvalue weighted by molar-refractivity contribution is 0.0599. The predicted molar refractivity (Wildman–Crippen MR) is 63.1 cm³/mol. The zero-order valence-electron chi connectivity index (χ0n) is 9.17. The second-order valence-electron chi connectivity index (χ2n) is 4.61. The minimum atomic E-state index is 0.180. The lowest BCUT2D eigenvalue weighted by Crippen LogP contribution is -2.48. The Kier molecular flexibility index (Phi) is 2.28. The molecule has 2 nitrogen and oxygen atoms in total. The molecule has 0 N–H and O–H groups in total. The zero-order chi connectivity index (χ0) is 11.0. The van der Waals surface area contributed by atoms with E-state index in [2.05, 4.69) is 12.2 Å². The highest BCUT2D eigenvalue weighted by molar-refractivity contribution is 5.94. The molecular weight excluding hydrogens is 198 g/mol. The number of amides is 1. The minimum Gasteiger partial charge on any atom is -0.332 e. The summed E-state index contributed by atoms with van der Waals surface area (Å²) in [5.74, 6) is 0.761. The van der Waals surface area contributed by atoms with Crippen molar-refractivity contribution in [3.05, 3.63) is 48.0 Å². The van der Waals surface area contributed by atoms with Crippen molar-refractivity contribution < 1.29 is 4.79 Å². The molecule has 1 aromatic rings. The van der Waals surface area contributed by atoms with E-state index in [1.807, 2.05) is 35.2 Å². The van der Waals surface area contributed by atoms with Crippen LogP contribution in [0.25, 0.3) is 0 Å². The smallest absolute Gasteiger partial charge is 0.254 e. The zero-order valence-corrected chi connectivity index (χ0v) is 9.17. The molecule has 2 aliphatic heterocycles. The second kappa shape index (κ2) is 3.78. The maximum Gasteiger partial charge on any atom is 0.254 e. The SMILES string of the molecule is O=C(c1ccccc1)N1C[C@@H]2C=C[C@H]1CC2. The number of hydrogen-bond acceptors (Lipinski definition) is 1. The Hall–Kier alpha value is -1.57. The van der Waals surface area contributed by atoms with Crippen LogP contribution in [0.3, 0.4) is 0 Å². The molecule has 0 radical (unpaired) electrons. The molecule has 1 aromatic carbocycles. The van der Waals surface area contributed by atoms with Crippen LogP contribution in [0.1, 0.15) is 23.2 Å². The number of rotatable bonds is 1. The quantitative estimate of drug-likeness (QED) is 0.656. The van der Waals surface area contributed by atoms with E-state index >= 15 is 0 Å². The van der Waals surface area contributed by atoms with Gasteiger partial charge in [0, 0.05) is 12.1 Å². The van der Waals surface area contributed by atoms with Gasteiger partial charge in [-0.1, -0.05) is 30.4 Å². The number of carbonyl (C=O) groups excluding carboxylic acids is 1. The molecule has 1 saturated heterocycles. The molecule has 16 heavy (non-hydrogen) atoms. The Morgan fingerprint density at radius 1 is 1.12 bits per heavy atom. The average molecular weight is 213 g/mol. The van der Waals surface area contributed by atoms with Gasteiger partial charge in [0.15, 0.2) is 0 Å². The number of fused-ring (bicyclic) bond motifs is 2. The number of hydrogen-bond donors (Lipinski definition) is 0. The molecule has 0 spiro atoms. The van der Waals surface area contributed by atoms with Gasteiger partial charge in [0.2, 0.25) is 0 Å². The maximum atomic E-state index is 12.3. The van der Waals surface area contributed by atoms with Crippen LogP contribution in [0.4, 0.5) is 0 Å². The van der Waals surface area contributed by atoms with Crippen molar-refractivity contribution in [1.82, 2.24) is 4.90 Å². The highest BCUT2D eigenvalue weighted by Gasteiger charge is 2.32. The van der Waals surface area contributed by atoms with Gasteiger partial charge in [0.25, 0.3) is 5.91 Å². The van der Waals surface area contributed by atoms with Gasteiger partial charge in [0.05, 0.1) is 6.04 Å². The van der Waals surface area contributed by atoms with Crippen LogP contribution in [0.15, 0.2) is 42.5 Å². The van der Waals surface area contributed by atoms with Crippen molar-refractivity contribution in [2.75, 3.05) is 6.54 Å². The Morgan fingerprint density at radius 2 is 1.94 bits per heavy atom. The fourth-order valence-electron chi connectivity index (χ4n) is 2.64. The topological polar surface area (TPSA) is 20.3 Å². The molecule has 1 aliphatic carbocycles. The molecule has 0 unspecified atom stereocenters. The molecule has 2 bridgehead atoms. The lowest BCUT2D eigenvalue weighted by Gasteiger charge is -2.41. The summed E-state index contributed by atoms with van der Waals surface area (Å²) in [6.45, 7) is 0.898. The van der Waals surface area contributed by atoms with Crippen molar-refractivity contribution in [1.29, 1.82) is 0 Å². The van der Waals surface area contributed by atoms with Crippen molar-refractivity contribution in [3.8, 4) is 0 Å². The first-order valence-corrected chi connectivity index (χ1v) is 5.89. The summed E-state index contributed by atoms with van der Waals surface area (Å²) >= 11 is 0. The van der Waals surface area contributed by atoms with Gasteiger partial charge >= 0.3 is 0 Å². The van der Waals surface area contributed by atoms with Crippen molar-refractivity contribution in [2.45, 2.75) is 18.9 Å². The number of benzene rings is 1. The fourth-order valence-corrected chi connectivity index (χ4v) is 2.64. The van der Waals surface area contributed by atoms with Crippen LogP contribution in [-0.2, 0) is 0 Å². The third kappa shape index (κ3) is 1.54. The molecule has 0 aromatic heterocycles. The van der Waals surface area contributed by atoms with Crippen LogP contribution >= 0.6 is 0 Å². The monoisotopic (exact) mass is 213 g/mol. The molecule has 82 valence electrons. The normalized spacial score (nSPS) is 27.1. The lowest BCUT2D eigenvalue weighted by atomic mass is 9.86. The van der Waals surface area contributed by atoms with Crippen LogP contribution in [0.5, 0.6) is 0 Å². The molecule has 0 saturated carbocycles. The molecule has 3 aliphatic rings. The molecule has 1 fully saturated rings. The van der Waals surface area contributed by atoms with Crippen LogP contribution in [0.2, 0.25) is 0 Å². The van der Waals surface area contributed by atoms with Crippen LogP contribution in [0, 0.1) is 5.92 Å². The van der Waals surface area contributed by atoms with E-state index < -0.39 is 0 Å². The highest BCUT2D eigenvalue weighted by Crippen LogP contribution is 2.30. The average Bonchev–Trinajstić information content (AvgIpc) is 2.40. The van der Waals surface area contributed by atoms with Crippen molar-refractivity contribution in [3.63, 3.8) is 0 Å². The van der Waals surface area contributed by atoms with Gasteiger partial charge in [-0.25, -0.2) is 0 Å². The van der Waals surface area contributed by atoms with Crippen molar-refractivity contribution >= 4 is 5.91 Å². The second-order valence-corrected chi connectivity index (χ2v) is 4.61. The van der Waals surface area contributed by atoms with E-state index in [4.69, 9.17) is 0 Å². The molecule has 2 atom stereocenters. The van der Waals surface area contributed by atoms with Gasteiger partial charge in [0.1, 0.15) is 0 Å². The Labute approximate surface area is 95.6 Å². The third-order valence-corrected chi connectivity index (χ3v) is 3.55. The van der Waals surface area contributed by atoms with E-state index in [0.29, 0.717) is 12.0 Å². The number of piperidine rings is 1. The summed E-state index contributed by atoms with van der Waals surface area (Å²) in [6.07, 6.45) is 6.82. The Morgan fingerprint density at radius 3 is 2.50 bits per heavy atom. The number of carbonyl (C=O) groups is 1. The van der Waals surface area contributed by atoms with Crippen LogP contribution < -0.4 is 0 Å². The van der Waals surface area contributed by atoms with Crippen molar-refractivity contribution in [2.24, 2.45) is 5.92 Å². The molecule has 4 rings (SSSR count). The summed E-state index contributed by atoms with van der Waals surface area (Å²) in [4.78, 5) is 14.3. The van der Waals surface area contributed by atoms with Gasteiger partial charge in [-0.15, -0.1) is 0 Å². The van der Waals surface area contributed by atoms with Crippen LogP contribution in [-0.4, -0.2) is 23.4 Å². The summed E-state index contributed by atoms with van der Waals surface area (Å²) < 4.78 is 0. The predicted octanol–water partition coefficient (Wildman–Crippen LogP) is 2.48. The van der Waals surface area contributed by atoms with E-state index in [1.54, 1.807) is 0 Å². The van der Waals surface area contributed by atoms with Gasteiger partial charge in [-0.2, -0.15) is 0 Å². The Bertz CT molecular complexity index is 424. The molecule has 2 heterocycles. The molecule has 1 amide bonds. The first-order valence-electron chi connectivity index (χ1n) is 5.89. The standard InChI is InChI=1S/C14H15NO/c16-14(12-4-2-1-3-5-12)15-10-11-6-8-13(15)9-7-11/h1-6,8,11,13H,7,9-10H2/t11-,13+/m1/s1. The first-order chi connectivity index (χ1) is 7.84. The highest BCUT2D eigenvalue weighted by atomic mass is 16.2. The molecule has 2 heteroatoms. The van der Waals surface area contributed by atoms with Gasteiger partial charge in [-0.3, -0.25) is 4.79 Å². The summed E-state index contributed by atoms with van der Waals surface area (Å²) in [5.41, 5.74) is 0.809. The fraction of sp³-hybridized carbons (Fsp3) is 0.357. The Balaban J connectivity index is 1.84. The maximum absolute atomic E-state index is 12.3. The number of nitrogens with zero attached hydrogens (tertiary/aromatic N) is 1. The first kappa shape index (κ1) is 9.64. The minimum absolute atomic E-state index is 0.180. The largest absolute Gasteiger partial charge is 0.332 e. The summed E-state index contributed by atoms with van der Waals surface area (Å²) in [5, 5.41) is 0. The summed E-state index contributed by atoms with van der Waals surface area (Å²) in [6, 6.07) is 9.91. The van der Waals surface area contributed by atoms with E-state index in [-0.39, 0.29) is 5.91 Å². The van der Waals surface area contributed by atoms with Gasteiger partial charge < -0.3 is 4.90 Å². The van der Waals surface area contributed by atoms with E-state index in [0.717, 1.165) is 18.5 Å². The third-order valence-electron chi connectivity index (χ3n) is 3.55. The van der Waals surface area contributed by atoms with E-state index in [1.165, 1.54) is 6.42 Å². The van der Waals surface area contributed by atoms with E-state index in [9.17, 15) is 4.79 Å². The van der Waals surface area contributed by atoms with Gasteiger partial charge in [-0.05, 0) is 30.9 Å². The molecular formula is C14H15NO.